The molecule has 2 heterocycles. The van der Waals surface area contributed by atoms with E-state index in [-0.39, 0.29) is 24.0 Å². The number of rotatable bonds is 8. The van der Waals surface area contributed by atoms with E-state index in [1.165, 1.54) is 5.56 Å². The molecule has 3 aromatic rings. The Morgan fingerprint density at radius 1 is 1.18 bits per heavy atom. The Hall–Kier alpha value is -2.63. The summed E-state index contributed by atoms with van der Waals surface area (Å²) in [6.07, 6.45) is 2.08. The summed E-state index contributed by atoms with van der Waals surface area (Å²) in [5.74, 6) is 3.72. The van der Waals surface area contributed by atoms with Gasteiger partial charge in [0.1, 0.15) is 11.6 Å². The molecule has 0 atom stereocenters. The highest BCUT2D eigenvalue weighted by molar-refractivity contribution is 14.0. The first-order valence-corrected chi connectivity index (χ1v) is 10.8. The van der Waals surface area contributed by atoms with Gasteiger partial charge in [0.05, 0.1) is 25.9 Å². The molecule has 0 radical (unpaired) electrons. The van der Waals surface area contributed by atoms with Crippen LogP contribution in [0.5, 0.6) is 5.75 Å². The van der Waals surface area contributed by atoms with Crippen LogP contribution in [0.2, 0.25) is 0 Å². The van der Waals surface area contributed by atoms with E-state index in [1.807, 2.05) is 61.6 Å². The topological polar surface area (TPSA) is 85.4 Å². The van der Waals surface area contributed by atoms with Crippen molar-refractivity contribution in [1.82, 2.24) is 34.8 Å². The number of halogens is 1. The largest absolute Gasteiger partial charge is 0.497 e. The van der Waals surface area contributed by atoms with Crippen LogP contribution in [0, 0.1) is 6.92 Å². The molecule has 0 aliphatic heterocycles. The number of hydrogen-bond acceptors (Lipinski definition) is 5. The average molecular weight is 566 g/mol. The van der Waals surface area contributed by atoms with Crippen LogP contribution in [0.15, 0.2) is 35.5 Å². The van der Waals surface area contributed by atoms with Crippen molar-refractivity contribution in [2.45, 2.75) is 46.3 Å². The van der Waals surface area contributed by atoms with Gasteiger partial charge in [-0.05, 0) is 30.5 Å². The lowest BCUT2D eigenvalue weighted by molar-refractivity contribution is 0.414. The van der Waals surface area contributed by atoms with Gasteiger partial charge in [-0.2, -0.15) is 5.10 Å². The fraction of sp³-hybridized carbons (Fsp3) is 0.478. The molecule has 0 saturated heterocycles. The summed E-state index contributed by atoms with van der Waals surface area (Å²) in [7, 11) is 7.64. The van der Waals surface area contributed by atoms with Crippen molar-refractivity contribution in [2.75, 3.05) is 14.2 Å². The Bertz CT molecular complexity index is 1060. The molecule has 3 rings (SSSR count). The second kappa shape index (κ2) is 12.0. The standard InChI is InChI=1S/C23H34N8O.HI/c1-16(2)22-19(15-30(5)28-22)14-29(4)23(25-13-21-27-26-17(3)31(21)6)24-12-18-8-10-20(32-7)11-9-18;/h8-11,15-16H,12-14H2,1-7H3,(H,24,25);1H. The summed E-state index contributed by atoms with van der Waals surface area (Å²) in [4.78, 5) is 7.01. The maximum absolute atomic E-state index is 5.25. The predicted molar refractivity (Wildman–Crippen MR) is 141 cm³/mol. The Morgan fingerprint density at radius 3 is 2.45 bits per heavy atom. The molecule has 0 unspecified atom stereocenters. The van der Waals surface area contributed by atoms with Gasteiger partial charge in [0, 0.05) is 39.4 Å². The van der Waals surface area contributed by atoms with Crippen molar-refractivity contribution < 1.29 is 4.74 Å². The lowest BCUT2D eigenvalue weighted by Crippen LogP contribution is -2.38. The minimum absolute atomic E-state index is 0. The average Bonchev–Trinajstić information content (AvgIpc) is 3.30. The maximum atomic E-state index is 5.25. The molecular weight excluding hydrogens is 531 g/mol. The normalized spacial score (nSPS) is 11.5. The summed E-state index contributed by atoms with van der Waals surface area (Å²) in [6.45, 7) is 8.06. The first kappa shape index (κ1) is 26.6. The van der Waals surface area contributed by atoms with Crippen molar-refractivity contribution in [3.8, 4) is 5.75 Å². The number of ether oxygens (including phenoxy) is 1. The summed E-state index contributed by atoms with van der Waals surface area (Å²) in [5.41, 5.74) is 3.41. The second-order valence-corrected chi connectivity index (χ2v) is 8.29. The van der Waals surface area contributed by atoms with Crippen molar-refractivity contribution in [3.05, 3.63) is 58.9 Å². The number of guanidine groups is 1. The fourth-order valence-electron chi connectivity index (χ4n) is 3.46. The number of aryl methyl sites for hydroxylation is 2. The lowest BCUT2D eigenvalue weighted by Gasteiger charge is -2.23. The number of hydrogen-bond donors (Lipinski definition) is 1. The molecule has 33 heavy (non-hydrogen) atoms. The van der Waals surface area contributed by atoms with Gasteiger partial charge in [0.25, 0.3) is 0 Å². The second-order valence-electron chi connectivity index (χ2n) is 8.29. The third kappa shape index (κ3) is 6.92. The zero-order valence-electron chi connectivity index (χ0n) is 20.5. The van der Waals surface area contributed by atoms with Gasteiger partial charge in [-0.3, -0.25) is 4.68 Å². The molecule has 1 N–H and O–H groups in total. The van der Waals surface area contributed by atoms with Crippen LogP contribution in [0.1, 0.15) is 48.2 Å². The van der Waals surface area contributed by atoms with Crippen molar-refractivity contribution in [3.63, 3.8) is 0 Å². The molecule has 2 aromatic heterocycles. The molecule has 0 bridgehead atoms. The van der Waals surface area contributed by atoms with E-state index in [1.54, 1.807) is 7.11 Å². The molecule has 1 aromatic carbocycles. The van der Waals surface area contributed by atoms with Crippen LogP contribution in [0.3, 0.4) is 0 Å². The van der Waals surface area contributed by atoms with Crippen LogP contribution < -0.4 is 10.1 Å². The highest BCUT2D eigenvalue weighted by Gasteiger charge is 2.16. The molecule has 0 saturated carbocycles. The van der Waals surface area contributed by atoms with Crippen molar-refractivity contribution in [2.24, 2.45) is 19.1 Å². The van der Waals surface area contributed by atoms with Gasteiger partial charge in [0.2, 0.25) is 0 Å². The van der Waals surface area contributed by atoms with E-state index >= 15 is 0 Å². The molecule has 180 valence electrons. The number of benzene rings is 1. The Morgan fingerprint density at radius 2 is 1.88 bits per heavy atom. The van der Waals surface area contributed by atoms with Gasteiger partial charge in [0.15, 0.2) is 11.8 Å². The molecule has 0 fully saturated rings. The molecule has 0 aliphatic rings. The minimum Gasteiger partial charge on any atom is -0.497 e. The van der Waals surface area contributed by atoms with Crippen LogP contribution >= 0.6 is 24.0 Å². The summed E-state index contributed by atoms with van der Waals surface area (Å²) < 4.78 is 9.11. The number of aromatic nitrogens is 5. The molecule has 0 spiro atoms. The summed E-state index contributed by atoms with van der Waals surface area (Å²) in [5, 5.41) is 16.5. The van der Waals surface area contributed by atoms with Crippen LogP contribution in [0.25, 0.3) is 0 Å². The van der Waals surface area contributed by atoms with E-state index in [2.05, 4.69) is 45.6 Å². The van der Waals surface area contributed by atoms with Crippen LogP contribution in [0.4, 0.5) is 0 Å². The van der Waals surface area contributed by atoms with Crippen LogP contribution in [-0.2, 0) is 33.7 Å². The summed E-state index contributed by atoms with van der Waals surface area (Å²) >= 11 is 0. The lowest BCUT2D eigenvalue weighted by atomic mass is 10.1. The predicted octanol–water partition coefficient (Wildman–Crippen LogP) is 3.38. The zero-order chi connectivity index (χ0) is 23.3. The first-order chi connectivity index (χ1) is 15.3. The minimum atomic E-state index is 0. The fourth-order valence-corrected chi connectivity index (χ4v) is 3.46. The Labute approximate surface area is 213 Å². The Balaban J connectivity index is 0.00000385. The molecular formula is C23H35IN8O. The monoisotopic (exact) mass is 566 g/mol. The smallest absolute Gasteiger partial charge is 0.194 e. The highest BCUT2D eigenvalue weighted by atomic mass is 127. The Kier molecular flexibility index (Phi) is 9.69. The summed E-state index contributed by atoms with van der Waals surface area (Å²) in [6, 6.07) is 7.97. The molecule has 0 amide bonds. The van der Waals surface area contributed by atoms with E-state index in [9.17, 15) is 0 Å². The quantitative estimate of drug-likeness (QED) is 0.256. The number of aliphatic imine (C=N–C) groups is 1. The molecule has 9 nitrogen and oxygen atoms in total. The van der Waals surface area contributed by atoms with Gasteiger partial charge in [-0.15, -0.1) is 34.2 Å². The van der Waals surface area contributed by atoms with Crippen molar-refractivity contribution in [1.29, 1.82) is 0 Å². The van der Waals surface area contributed by atoms with E-state index in [4.69, 9.17) is 9.73 Å². The third-order valence-corrected chi connectivity index (χ3v) is 5.41. The van der Waals surface area contributed by atoms with Crippen molar-refractivity contribution >= 4 is 29.9 Å². The molecule has 0 aliphatic carbocycles. The number of nitrogens with zero attached hydrogens (tertiary/aromatic N) is 7. The van der Waals surface area contributed by atoms with Gasteiger partial charge in [-0.25, -0.2) is 4.99 Å². The zero-order valence-corrected chi connectivity index (χ0v) is 22.9. The van der Waals surface area contributed by atoms with Gasteiger partial charge < -0.3 is 19.5 Å². The van der Waals surface area contributed by atoms with Crippen LogP contribution in [-0.4, -0.2) is 49.6 Å². The maximum Gasteiger partial charge on any atom is 0.194 e. The van der Waals surface area contributed by atoms with Gasteiger partial charge in [-0.1, -0.05) is 26.0 Å². The molecule has 10 heteroatoms. The van der Waals surface area contributed by atoms with E-state index in [0.29, 0.717) is 25.6 Å². The highest BCUT2D eigenvalue weighted by Crippen LogP contribution is 2.19. The van der Waals surface area contributed by atoms with E-state index in [0.717, 1.165) is 34.6 Å². The number of methoxy groups -OCH3 is 1. The van der Waals surface area contributed by atoms with Gasteiger partial charge >= 0.3 is 0 Å². The third-order valence-electron chi connectivity index (χ3n) is 5.41. The SMILES string of the molecule is COc1ccc(CN=C(NCc2nnc(C)n2C)N(C)Cc2cn(C)nc2C(C)C)cc1.I. The number of nitrogens with one attached hydrogen (secondary N) is 1. The first-order valence-electron chi connectivity index (χ1n) is 10.8. The van der Waals surface area contributed by atoms with E-state index < -0.39 is 0 Å².